The van der Waals surface area contributed by atoms with Crippen LogP contribution in [0.5, 0.6) is 5.75 Å². The van der Waals surface area contributed by atoms with Crippen LogP contribution in [0.25, 0.3) is 0 Å². The van der Waals surface area contributed by atoms with E-state index in [-0.39, 0.29) is 0 Å². The molecular formula is C8H9ClO2S. The summed E-state index contributed by atoms with van der Waals surface area (Å²) in [7, 11) is 5.57. The van der Waals surface area contributed by atoms with E-state index in [9.17, 15) is 4.21 Å². The first-order valence-corrected chi connectivity index (χ1v) is 5.35. The Bertz CT molecular complexity index is 312. The van der Waals surface area contributed by atoms with Crippen LogP contribution in [-0.4, -0.2) is 11.3 Å². The number of benzene rings is 1. The molecule has 1 atom stereocenters. The molecule has 0 aromatic heterocycles. The van der Waals surface area contributed by atoms with E-state index in [4.69, 9.17) is 15.4 Å². The fourth-order valence-electron chi connectivity index (χ4n) is 0.951. The molecule has 0 bridgehead atoms. The summed E-state index contributed by atoms with van der Waals surface area (Å²) in [5.74, 6) is 0.779. The summed E-state index contributed by atoms with van der Waals surface area (Å²) >= 11 is 0. The van der Waals surface area contributed by atoms with E-state index in [1.54, 1.807) is 25.3 Å². The van der Waals surface area contributed by atoms with Crippen molar-refractivity contribution in [2.24, 2.45) is 0 Å². The molecule has 12 heavy (non-hydrogen) atoms. The molecule has 0 fully saturated rings. The first-order chi connectivity index (χ1) is 5.65. The van der Waals surface area contributed by atoms with Crippen molar-refractivity contribution in [2.45, 2.75) is 11.8 Å². The molecule has 1 aromatic carbocycles. The van der Waals surface area contributed by atoms with Gasteiger partial charge in [-0.1, -0.05) is 0 Å². The summed E-state index contributed by atoms with van der Waals surface area (Å²) in [5.41, 5.74) is 0.934. The molecule has 4 heteroatoms. The van der Waals surface area contributed by atoms with Crippen LogP contribution in [0.2, 0.25) is 0 Å². The number of aryl methyl sites for hydroxylation is 1. The number of ether oxygens (including phenoxy) is 1. The maximum atomic E-state index is 10.8. The molecule has 0 saturated heterocycles. The van der Waals surface area contributed by atoms with Crippen LogP contribution in [-0.2, 0) is 10.0 Å². The van der Waals surface area contributed by atoms with E-state index < -0.39 is 10.0 Å². The van der Waals surface area contributed by atoms with Crippen molar-refractivity contribution >= 4 is 20.7 Å². The van der Waals surface area contributed by atoms with Gasteiger partial charge in [0, 0.05) is 0 Å². The van der Waals surface area contributed by atoms with Crippen LogP contribution < -0.4 is 4.74 Å². The van der Waals surface area contributed by atoms with Gasteiger partial charge in [-0.2, -0.15) is 0 Å². The van der Waals surface area contributed by atoms with Gasteiger partial charge in [0.2, 0.25) is 0 Å². The fourth-order valence-corrected chi connectivity index (χ4v) is 1.68. The molecule has 1 unspecified atom stereocenters. The zero-order chi connectivity index (χ0) is 9.14. The SMILES string of the molecule is COc1ccc(S(=O)Cl)cc1C. The Balaban J connectivity index is 3.10. The lowest BCUT2D eigenvalue weighted by Gasteiger charge is -2.04. The van der Waals surface area contributed by atoms with E-state index >= 15 is 0 Å². The van der Waals surface area contributed by atoms with Crippen molar-refractivity contribution in [1.82, 2.24) is 0 Å². The molecule has 0 spiro atoms. The van der Waals surface area contributed by atoms with Crippen molar-refractivity contribution in [3.63, 3.8) is 0 Å². The van der Waals surface area contributed by atoms with Gasteiger partial charge in [0.25, 0.3) is 0 Å². The molecule has 0 radical (unpaired) electrons. The third kappa shape index (κ3) is 1.99. The first-order valence-electron chi connectivity index (χ1n) is 3.38. The molecule has 66 valence electrons. The molecule has 0 aliphatic rings. The summed E-state index contributed by atoms with van der Waals surface area (Å²) in [6, 6.07) is 5.20. The zero-order valence-corrected chi connectivity index (χ0v) is 8.41. The Morgan fingerprint density at radius 1 is 1.50 bits per heavy atom. The molecular weight excluding hydrogens is 196 g/mol. The Kier molecular flexibility index (Phi) is 3.12. The van der Waals surface area contributed by atoms with E-state index in [1.165, 1.54) is 0 Å². The van der Waals surface area contributed by atoms with Crippen LogP contribution in [0.4, 0.5) is 0 Å². The molecule has 1 rings (SSSR count). The highest BCUT2D eigenvalue weighted by Crippen LogP contribution is 2.21. The van der Waals surface area contributed by atoms with Gasteiger partial charge >= 0.3 is 0 Å². The largest absolute Gasteiger partial charge is 0.496 e. The molecule has 0 N–H and O–H groups in total. The number of hydrogen-bond acceptors (Lipinski definition) is 2. The Morgan fingerprint density at radius 2 is 2.17 bits per heavy atom. The summed E-state index contributed by atoms with van der Waals surface area (Å²) in [4.78, 5) is 0.606. The predicted molar refractivity (Wildman–Crippen MR) is 50.0 cm³/mol. The standard InChI is InChI=1S/C8H9ClO2S/c1-6-5-7(12(9)10)3-4-8(6)11-2/h3-5H,1-2H3. The number of halogens is 1. The van der Waals surface area contributed by atoms with Crippen molar-refractivity contribution in [1.29, 1.82) is 0 Å². The minimum Gasteiger partial charge on any atom is -0.496 e. The van der Waals surface area contributed by atoms with Crippen molar-refractivity contribution in [2.75, 3.05) is 7.11 Å². The van der Waals surface area contributed by atoms with Crippen LogP contribution in [0.3, 0.4) is 0 Å². The highest BCUT2D eigenvalue weighted by atomic mass is 35.7. The Morgan fingerprint density at radius 3 is 2.58 bits per heavy atom. The second kappa shape index (κ2) is 3.92. The summed E-state index contributed by atoms with van der Waals surface area (Å²) in [6.07, 6.45) is 0. The quantitative estimate of drug-likeness (QED) is 0.691. The van der Waals surface area contributed by atoms with Gasteiger partial charge in [-0.05, 0) is 41.4 Å². The topological polar surface area (TPSA) is 26.3 Å². The monoisotopic (exact) mass is 204 g/mol. The van der Waals surface area contributed by atoms with Gasteiger partial charge in [-0.25, -0.2) is 4.21 Å². The fraction of sp³-hybridized carbons (Fsp3) is 0.250. The molecule has 2 nitrogen and oxygen atoms in total. The number of hydrogen-bond donors (Lipinski definition) is 0. The van der Waals surface area contributed by atoms with E-state index in [1.807, 2.05) is 6.92 Å². The molecule has 0 aliphatic carbocycles. The summed E-state index contributed by atoms with van der Waals surface area (Å²) in [5, 5.41) is 0. The maximum absolute atomic E-state index is 10.8. The van der Waals surface area contributed by atoms with Gasteiger partial charge in [0.05, 0.1) is 12.0 Å². The van der Waals surface area contributed by atoms with Gasteiger partial charge in [-0.3, -0.25) is 0 Å². The Labute approximate surface area is 78.5 Å². The summed E-state index contributed by atoms with van der Waals surface area (Å²) < 4.78 is 15.9. The lowest BCUT2D eigenvalue weighted by atomic mass is 10.2. The summed E-state index contributed by atoms with van der Waals surface area (Å²) in [6.45, 7) is 1.88. The molecule has 0 aliphatic heterocycles. The third-order valence-electron chi connectivity index (χ3n) is 1.55. The van der Waals surface area contributed by atoms with Crippen LogP contribution in [0, 0.1) is 6.92 Å². The van der Waals surface area contributed by atoms with E-state index in [0.717, 1.165) is 11.3 Å². The van der Waals surface area contributed by atoms with Gasteiger partial charge in [-0.15, -0.1) is 0 Å². The van der Waals surface area contributed by atoms with Crippen LogP contribution >= 0.6 is 10.7 Å². The second-order valence-corrected chi connectivity index (χ2v) is 4.11. The smallest absolute Gasteiger partial charge is 0.147 e. The van der Waals surface area contributed by atoms with Crippen molar-refractivity contribution < 1.29 is 8.95 Å². The molecule has 0 saturated carbocycles. The lowest BCUT2D eigenvalue weighted by Crippen LogP contribution is -1.89. The van der Waals surface area contributed by atoms with Gasteiger partial charge in [0.15, 0.2) is 0 Å². The minimum absolute atomic E-state index is 0.606. The highest BCUT2D eigenvalue weighted by Gasteiger charge is 2.03. The van der Waals surface area contributed by atoms with Gasteiger partial charge < -0.3 is 4.74 Å². The van der Waals surface area contributed by atoms with Crippen molar-refractivity contribution in [3.8, 4) is 5.75 Å². The van der Waals surface area contributed by atoms with Gasteiger partial charge in [0.1, 0.15) is 15.8 Å². The molecule has 0 amide bonds. The van der Waals surface area contributed by atoms with Crippen LogP contribution in [0.1, 0.15) is 5.56 Å². The average molecular weight is 205 g/mol. The lowest BCUT2D eigenvalue weighted by molar-refractivity contribution is 0.411. The average Bonchev–Trinajstić information content (AvgIpc) is 2.04. The second-order valence-electron chi connectivity index (χ2n) is 2.35. The normalized spacial score (nSPS) is 12.6. The number of methoxy groups -OCH3 is 1. The van der Waals surface area contributed by atoms with E-state index in [2.05, 4.69) is 0 Å². The Hall–Kier alpha value is -0.540. The highest BCUT2D eigenvalue weighted by molar-refractivity contribution is 8.08. The molecule has 1 aromatic rings. The number of rotatable bonds is 2. The first kappa shape index (κ1) is 9.55. The van der Waals surface area contributed by atoms with Crippen molar-refractivity contribution in [3.05, 3.63) is 23.8 Å². The zero-order valence-electron chi connectivity index (χ0n) is 6.83. The third-order valence-corrected chi connectivity index (χ3v) is 2.71. The van der Waals surface area contributed by atoms with E-state index in [0.29, 0.717) is 4.90 Å². The molecule has 0 heterocycles. The predicted octanol–water partition coefficient (Wildman–Crippen LogP) is 2.27. The maximum Gasteiger partial charge on any atom is 0.147 e. The van der Waals surface area contributed by atoms with Crippen LogP contribution in [0.15, 0.2) is 23.1 Å². The minimum atomic E-state index is -1.43.